The van der Waals surface area contributed by atoms with Crippen LogP contribution in [-0.4, -0.2) is 26.8 Å². The highest BCUT2D eigenvalue weighted by atomic mass is 32.2. The van der Waals surface area contributed by atoms with Gasteiger partial charge in [-0.3, -0.25) is 0 Å². The van der Waals surface area contributed by atoms with Crippen molar-refractivity contribution in [2.75, 3.05) is 19.8 Å². The van der Waals surface area contributed by atoms with Gasteiger partial charge >= 0.3 is 0 Å². The second-order valence-electron chi connectivity index (χ2n) is 4.85. The molecule has 21 heavy (non-hydrogen) atoms. The van der Waals surface area contributed by atoms with E-state index in [0.29, 0.717) is 5.69 Å². The molecule has 2 rings (SSSR count). The van der Waals surface area contributed by atoms with Gasteiger partial charge in [0, 0.05) is 29.6 Å². The predicted octanol–water partition coefficient (Wildman–Crippen LogP) is 2.98. The van der Waals surface area contributed by atoms with Crippen molar-refractivity contribution in [3.8, 4) is 0 Å². The van der Waals surface area contributed by atoms with Crippen LogP contribution in [0, 0.1) is 6.92 Å². The monoisotopic (exact) mass is 322 g/mol. The molecule has 4 nitrogen and oxygen atoms in total. The molecule has 0 aromatic heterocycles. The zero-order valence-corrected chi connectivity index (χ0v) is 13.8. The first-order valence-corrected chi connectivity index (χ1v) is 8.63. The molecule has 0 unspecified atom stereocenters. The minimum absolute atomic E-state index is 0.208. The standard InChI is InChI=1S/C15H18N2O2S2/c1-11-6-4-5-7-14(11)20-15-9-8-12(10-13(15)16)21(18,19)17(2)3/h4-10H,16H2,1-3H3. The predicted molar refractivity (Wildman–Crippen MR) is 87.0 cm³/mol. The highest BCUT2D eigenvalue weighted by Gasteiger charge is 2.18. The van der Waals surface area contributed by atoms with Gasteiger partial charge in [-0.15, -0.1) is 0 Å². The van der Waals surface area contributed by atoms with Crippen LogP contribution in [0.2, 0.25) is 0 Å². The largest absolute Gasteiger partial charge is 0.398 e. The van der Waals surface area contributed by atoms with Crippen molar-refractivity contribution in [1.82, 2.24) is 4.31 Å². The summed E-state index contributed by atoms with van der Waals surface area (Å²) in [5.74, 6) is 0. The number of aryl methyl sites for hydroxylation is 1. The maximum Gasteiger partial charge on any atom is 0.242 e. The van der Waals surface area contributed by atoms with Gasteiger partial charge in [0.2, 0.25) is 10.0 Å². The van der Waals surface area contributed by atoms with Gasteiger partial charge in [-0.25, -0.2) is 12.7 Å². The van der Waals surface area contributed by atoms with Crippen LogP contribution >= 0.6 is 11.8 Å². The van der Waals surface area contributed by atoms with Crippen LogP contribution in [0.5, 0.6) is 0 Å². The van der Waals surface area contributed by atoms with E-state index in [1.165, 1.54) is 36.2 Å². The Balaban J connectivity index is 2.35. The average Bonchev–Trinajstić information content (AvgIpc) is 2.43. The molecule has 0 atom stereocenters. The summed E-state index contributed by atoms with van der Waals surface area (Å²) in [4.78, 5) is 2.16. The van der Waals surface area contributed by atoms with Crippen molar-refractivity contribution in [2.24, 2.45) is 0 Å². The molecule has 0 fully saturated rings. The third-order valence-corrected chi connectivity index (χ3v) is 6.15. The molecule has 0 radical (unpaired) electrons. The van der Waals surface area contributed by atoms with Crippen molar-refractivity contribution in [1.29, 1.82) is 0 Å². The third-order valence-electron chi connectivity index (χ3n) is 3.07. The summed E-state index contributed by atoms with van der Waals surface area (Å²) in [6.07, 6.45) is 0. The molecule has 6 heteroatoms. The fourth-order valence-corrected chi connectivity index (χ4v) is 3.64. The highest BCUT2D eigenvalue weighted by molar-refractivity contribution is 7.99. The summed E-state index contributed by atoms with van der Waals surface area (Å²) in [7, 11) is -0.450. The molecule has 2 aromatic rings. The fourth-order valence-electron chi connectivity index (χ4n) is 1.78. The number of hydrogen-bond donors (Lipinski definition) is 1. The van der Waals surface area contributed by atoms with Crippen molar-refractivity contribution in [3.63, 3.8) is 0 Å². The Labute approximate surface area is 130 Å². The number of sulfonamides is 1. The smallest absolute Gasteiger partial charge is 0.242 e. The summed E-state index contributed by atoms with van der Waals surface area (Å²) < 4.78 is 25.3. The van der Waals surface area contributed by atoms with Crippen LogP contribution in [0.3, 0.4) is 0 Å². The van der Waals surface area contributed by atoms with Crippen molar-refractivity contribution in [3.05, 3.63) is 48.0 Å². The van der Waals surface area contributed by atoms with Gasteiger partial charge in [-0.05, 0) is 36.8 Å². The van der Waals surface area contributed by atoms with E-state index in [4.69, 9.17) is 5.73 Å². The van der Waals surface area contributed by atoms with Gasteiger partial charge in [0.05, 0.1) is 4.90 Å². The lowest BCUT2D eigenvalue weighted by molar-refractivity contribution is 0.520. The lowest BCUT2D eigenvalue weighted by atomic mass is 10.2. The van der Waals surface area contributed by atoms with Gasteiger partial charge in [0.1, 0.15) is 0 Å². The topological polar surface area (TPSA) is 63.4 Å². The first-order valence-electron chi connectivity index (χ1n) is 6.38. The molecule has 2 aromatic carbocycles. The van der Waals surface area contributed by atoms with E-state index in [1.54, 1.807) is 12.1 Å². The van der Waals surface area contributed by atoms with Crippen LogP contribution in [0.1, 0.15) is 5.56 Å². The molecule has 0 aliphatic heterocycles. The second-order valence-corrected chi connectivity index (χ2v) is 8.09. The Kier molecular flexibility index (Phi) is 4.61. The average molecular weight is 322 g/mol. The zero-order valence-electron chi connectivity index (χ0n) is 12.2. The summed E-state index contributed by atoms with van der Waals surface area (Å²) in [6, 6.07) is 12.9. The molecule has 0 heterocycles. The van der Waals surface area contributed by atoms with Crippen LogP contribution in [0.25, 0.3) is 0 Å². The Morgan fingerprint density at radius 1 is 1.05 bits per heavy atom. The van der Waals surface area contributed by atoms with Gasteiger partial charge in [-0.1, -0.05) is 30.0 Å². The summed E-state index contributed by atoms with van der Waals surface area (Å²) in [5.41, 5.74) is 7.64. The van der Waals surface area contributed by atoms with E-state index in [0.717, 1.165) is 15.4 Å². The number of hydrogen-bond acceptors (Lipinski definition) is 4. The van der Waals surface area contributed by atoms with Gasteiger partial charge in [0.25, 0.3) is 0 Å². The van der Waals surface area contributed by atoms with E-state index in [1.807, 2.05) is 31.2 Å². The number of anilines is 1. The van der Waals surface area contributed by atoms with Crippen LogP contribution in [0.15, 0.2) is 57.2 Å². The second kappa shape index (κ2) is 6.09. The Hall–Kier alpha value is -1.50. The Morgan fingerprint density at radius 2 is 1.71 bits per heavy atom. The molecular formula is C15H18N2O2S2. The molecule has 0 spiro atoms. The quantitative estimate of drug-likeness (QED) is 0.879. The van der Waals surface area contributed by atoms with Crippen molar-refractivity contribution in [2.45, 2.75) is 21.6 Å². The fraction of sp³-hybridized carbons (Fsp3) is 0.200. The van der Waals surface area contributed by atoms with E-state index in [2.05, 4.69) is 0 Å². The number of nitrogens with two attached hydrogens (primary N) is 1. The molecule has 0 aliphatic carbocycles. The molecular weight excluding hydrogens is 304 g/mol. The normalized spacial score (nSPS) is 11.8. The SMILES string of the molecule is Cc1ccccc1Sc1ccc(S(=O)(=O)N(C)C)cc1N. The van der Waals surface area contributed by atoms with Crippen LogP contribution < -0.4 is 5.73 Å². The number of benzene rings is 2. The molecule has 0 bridgehead atoms. The van der Waals surface area contributed by atoms with Gasteiger partial charge < -0.3 is 5.73 Å². The van der Waals surface area contributed by atoms with E-state index < -0.39 is 10.0 Å². The van der Waals surface area contributed by atoms with Crippen LogP contribution in [-0.2, 0) is 10.0 Å². The van der Waals surface area contributed by atoms with E-state index >= 15 is 0 Å². The van der Waals surface area contributed by atoms with Crippen LogP contribution in [0.4, 0.5) is 5.69 Å². The number of rotatable bonds is 4. The van der Waals surface area contributed by atoms with Crippen molar-refractivity contribution < 1.29 is 8.42 Å². The molecule has 112 valence electrons. The lowest BCUT2D eigenvalue weighted by Crippen LogP contribution is -2.22. The minimum atomic E-state index is -3.45. The third kappa shape index (κ3) is 3.40. The molecule has 0 saturated heterocycles. The summed E-state index contributed by atoms with van der Waals surface area (Å²) in [6.45, 7) is 2.03. The Bertz CT molecular complexity index is 756. The summed E-state index contributed by atoms with van der Waals surface area (Å²) >= 11 is 1.54. The molecule has 0 aliphatic rings. The van der Waals surface area contributed by atoms with Gasteiger partial charge in [0.15, 0.2) is 0 Å². The zero-order chi connectivity index (χ0) is 15.6. The summed E-state index contributed by atoms with van der Waals surface area (Å²) in [5, 5.41) is 0. The molecule has 0 amide bonds. The maximum atomic E-state index is 12.1. The number of nitrogen functional groups attached to an aromatic ring is 1. The minimum Gasteiger partial charge on any atom is -0.398 e. The maximum absolute atomic E-state index is 12.1. The first-order chi connectivity index (χ1) is 9.82. The van der Waals surface area contributed by atoms with Gasteiger partial charge in [-0.2, -0.15) is 0 Å². The van der Waals surface area contributed by atoms with Crippen molar-refractivity contribution >= 4 is 27.5 Å². The first kappa shape index (κ1) is 15.9. The highest BCUT2D eigenvalue weighted by Crippen LogP contribution is 2.35. The molecule has 2 N–H and O–H groups in total. The Morgan fingerprint density at radius 3 is 2.29 bits per heavy atom. The number of nitrogens with zero attached hydrogens (tertiary/aromatic N) is 1. The molecule has 0 saturated carbocycles. The lowest BCUT2D eigenvalue weighted by Gasteiger charge is -2.13. The van der Waals surface area contributed by atoms with E-state index in [9.17, 15) is 8.42 Å². The van der Waals surface area contributed by atoms with E-state index in [-0.39, 0.29) is 4.90 Å².